The van der Waals surface area contributed by atoms with Crippen LogP contribution in [0.1, 0.15) is 19.3 Å². The fourth-order valence-electron chi connectivity index (χ4n) is 1.59. The van der Waals surface area contributed by atoms with Gasteiger partial charge in [0, 0.05) is 19.2 Å². The Kier molecular flexibility index (Phi) is 1.22. The molecule has 0 radical (unpaired) electrons. The van der Waals surface area contributed by atoms with E-state index in [1.54, 1.807) is 6.21 Å². The van der Waals surface area contributed by atoms with Gasteiger partial charge < -0.3 is 0 Å². The van der Waals surface area contributed by atoms with Crippen LogP contribution < -0.4 is 0 Å². The largest absolute Gasteiger partial charge is 0.297 e. The summed E-state index contributed by atoms with van der Waals surface area (Å²) in [4.78, 5) is 11.1. The van der Waals surface area contributed by atoms with Gasteiger partial charge in [-0.25, -0.2) is 0 Å². The van der Waals surface area contributed by atoms with Gasteiger partial charge in [0.15, 0.2) is 5.78 Å². The first kappa shape index (κ1) is 5.89. The number of nitrogens with zero attached hydrogens (tertiary/aromatic N) is 2. The van der Waals surface area contributed by atoms with Gasteiger partial charge in [-0.05, 0) is 12.8 Å². The van der Waals surface area contributed by atoms with E-state index in [1.165, 1.54) is 0 Å². The average molecular weight is 138 g/mol. The summed E-state index contributed by atoms with van der Waals surface area (Å²) in [6.45, 7) is 0.965. The Morgan fingerprint density at radius 1 is 1.70 bits per heavy atom. The minimum atomic E-state index is 0.130. The van der Waals surface area contributed by atoms with Crippen molar-refractivity contribution in [3.63, 3.8) is 0 Å². The molecule has 0 N–H and O–H groups in total. The highest BCUT2D eigenvalue weighted by Gasteiger charge is 2.30. The van der Waals surface area contributed by atoms with Crippen molar-refractivity contribution in [2.45, 2.75) is 25.3 Å². The Morgan fingerprint density at radius 3 is 3.40 bits per heavy atom. The van der Waals surface area contributed by atoms with Crippen molar-refractivity contribution in [3.8, 4) is 0 Å². The highest BCUT2D eigenvalue weighted by molar-refractivity contribution is 5.96. The Bertz CT molecular complexity index is 188. The molecular weight excluding hydrogens is 128 g/mol. The van der Waals surface area contributed by atoms with E-state index in [4.69, 9.17) is 0 Å². The lowest BCUT2D eigenvalue weighted by Crippen LogP contribution is -2.35. The fourth-order valence-corrected chi connectivity index (χ4v) is 1.59. The molecule has 1 saturated heterocycles. The Balaban J connectivity index is 2.22. The second kappa shape index (κ2) is 2.08. The Morgan fingerprint density at radius 2 is 2.60 bits per heavy atom. The van der Waals surface area contributed by atoms with Gasteiger partial charge >= 0.3 is 0 Å². The number of carbonyl (C=O) groups is 1. The van der Waals surface area contributed by atoms with E-state index in [2.05, 4.69) is 5.10 Å². The smallest absolute Gasteiger partial charge is 0.162 e. The molecule has 0 aromatic rings. The van der Waals surface area contributed by atoms with Crippen molar-refractivity contribution in [2.24, 2.45) is 5.10 Å². The Hall–Kier alpha value is -0.860. The van der Waals surface area contributed by atoms with Crippen LogP contribution in [-0.2, 0) is 4.79 Å². The van der Waals surface area contributed by atoms with Gasteiger partial charge in [-0.1, -0.05) is 0 Å². The van der Waals surface area contributed by atoms with Gasteiger partial charge in [-0.2, -0.15) is 5.10 Å². The summed E-state index contributed by atoms with van der Waals surface area (Å²) in [6.07, 6.45) is 4.38. The summed E-state index contributed by atoms with van der Waals surface area (Å²) in [5.74, 6) is 0.340. The number of rotatable bonds is 0. The first-order chi connectivity index (χ1) is 4.88. The summed E-state index contributed by atoms with van der Waals surface area (Å²) in [5.41, 5.74) is 0. The number of hydrazone groups is 1. The standard InChI is InChI=1S/C7H10N2O/c10-7-3-4-8-9-5-1-2-6(7)9/h4,6H,1-3,5H2. The van der Waals surface area contributed by atoms with Crippen LogP contribution in [0.2, 0.25) is 0 Å². The summed E-state index contributed by atoms with van der Waals surface area (Å²) in [7, 11) is 0. The van der Waals surface area contributed by atoms with Crippen molar-refractivity contribution in [1.29, 1.82) is 0 Å². The summed E-state index contributed by atoms with van der Waals surface area (Å²) in [6, 6.07) is 0.130. The van der Waals surface area contributed by atoms with Crippen LogP contribution in [0.5, 0.6) is 0 Å². The normalized spacial score (nSPS) is 31.0. The van der Waals surface area contributed by atoms with Crippen LogP contribution in [0.3, 0.4) is 0 Å². The van der Waals surface area contributed by atoms with Crippen LogP contribution in [0, 0.1) is 0 Å². The first-order valence-corrected chi connectivity index (χ1v) is 3.70. The molecule has 0 amide bonds. The maximum Gasteiger partial charge on any atom is 0.162 e. The van der Waals surface area contributed by atoms with E-state index in [0.717, 1.165) is 19.4 Å². The summed E-state index contributed by atoms with van der Waals surface area (Å²) in [5, 5.41) is 6.04. The van der Waals surface area contributed by atoms with Crippen LogP contribution in [0.15, 0.2) is 5.10 Å². The van der Waals surface area contributed by atoms with Gasteiger partial charge in [0.05, 0.1) is 0 Å². The molecule has 2 rings (SSSR count). The third kappa shape index (κ3) is 0.735. The van der Waals surface area contributed by atoms with Gasteiger partial charge in [0.2, 0.25) is 0 Å². The quantitative estimate of drug-likeness (QED) is 0.485. The molecule has 2 heterocycles. The molecule has 0 aliphatic carbocycles. The van der Waals surface area contributed by atoms with Gasteiger partial charge in [-0.15, -0.1) is 0 Å². The molecule has 0 spiro atoms. The molecule has 2 aliphatic rings. The molecule has 2 aliphatic heterocycles. The highest BCUT2D eigenvalue weighted by atomic mass is 16.1. The van der Waals surface area contributed by atoms with E-state index in [1.807, 2.05) is 5.01 Å². The van der Waals surface area contributed by atoms with Crippen molar-refractivity contribution in [1.82, 2.24) is 5.01 Å². The van der Waals surface area contributed by atoms with E-state index < -0.39 is 0 Å². The second-order valence-electron chi connectivity index (χ2n) is 2.79. The highest BCUT2D eigenvalue weighted by Crippen LogP contribution is 2.21. The number of Topliss-reactive ketones (excluding diaryl/α,β-unsaturated/α-hetero) is 1. The lowest BCUT2D eigenvalue weighted by Gasteiger charge is -2.22. The molecule has 10 heavy (non-hydrogen) atoms. The van der Waals surface area contributed by atoms with Crippen LogP contribution in [0.4, 0.5) is 0 Å². The van der Waals surface area contributed by atoms with Crippen LogP contribution in [-0.4, -0.2) is 29.6 Å². The minimum absolute atomic E-state index is 0.130. The molecule has 0 bridgehead atoms. The zero-order valence-electron chi connectivity index (χ0n) is 5.79. The van der Waals surface area contributed by atoms with E-state index >= 15 is 0 Å². The lowest BCUT2D eigenvalue weighted by molar-refractivity contribution is -0.122. The molecule has 3 heteroatoms. The molecule has 0 aromatic heterocycles. The SMILES string of the molecule is O=C1CC=NN2CCCC12. The van der Waals surface area contributed by atoms with Crippen molar-refractivity contribution in [3.05, 3.63) is 0 Å². The average Bonchev–Trinajstić information content (AvgIpc) is 2.36. The first-order valence-electron chi connectivity index (χ1n) is 3.70. The number of carbonyl (C=O) groups excluding carboxylic acids is 1. The van der Waals surface area contributed by atoms with Gasteiger partial charge in [0.25, 0.3) is 0 Å². The van der Waals surface area contributed by atoms with Crippen LogP contribution >= 0.6 is 0 Å². The lowest BCUT2D eigenvalue weighted by atomic mass is 10.1. The number of fused-ring (bicyclic) bond motifs is 1. The Labute approximate surface area is 59.7 Å². The topological polar surface area (TPSA) is 32.7 Å². The van der Waals surface area contributed by atoms with Crippen molar-refractivity contribution < 1.29 is 4.79 Å². The van der Waals surface area contributed by atoms with E-state index in [9.17, 15) is 4.79 Å². The molecule has 3 nitrogen and oxygen atoms in total. The fraction of sp³-hybridized carbons (Fsp3) is 0.714. The maximum atomic E-state index is 11.1. The van der Waals surface area contributed by atoms with Gasteiger partial charge in [-0.3, -0.25) is 9.80 Å². The zero-order chi connectivity index (χ0) is 6.97. The van der Waals surface area contributed by atoms with Crippen molar-refractivity contribution in [2.75, 3.05) is 6.54 Å². The predicted octanol–water partition coefficient (Wildman–Crippen LogP) is 0.409. The predicted molar refractivity (Wildman–Crippen MR) is 37.8 cm³/mol. The molecule has 1 fully saturated rings. The van der Waals surface area contributed by atoms with Gasteiger partial charge in [0.1, 0.15) is 6.04 Å². The molecular formula is C7H10N2O. The molecule has 0 aromatic carbocycles. The van der Waals surface area contributed by atoms with E-state index in [0.29, 0.717) is 12.2 Å². The maximum absolute atomic E-state index is 11.1. The number of hydrogen-bond donors (Lipinski definition) is 0. The molecule has 1 unspecified atom stereocenters. The third-order valence-corrected chi connectivity index (χ3v) is 2.12. The number of hydrogen-bond acceptors (Lipinski definition) is 3. The van der Waals surface area contributed by atoms with Crippen molar-refractivity contribution >= 4 is 12.0 Å². The summed E-state index contributed by atoms with van der Waals surface area (Å²) >= 11 is 0. The zero-order valence-corrected chi connectivity index (χ0v) is 5.79. The third-order valence-electron chi connectivity index (χ3n) is 2.12. The molecule has 1 atom stereocenters. The molecule has 54 valence electrons. The summed E-state index contributed by atoms with van der Waals surface area (Å²) < 4.78 is 0. The van der Waals surface area contributed by atoms with Crippen LogP contribution in [0.25, 0.3) is 0 Å². The minimum Gasteiger partial charge on any atom is -0.297 e. The molecule has 0 saturated carbocycles. The number of ketones is 1. The monoisotopic (exact) mass is 138 g/mol. The second-order valence-corrected chi connectivity index (χ2v) is 2.79. The van der Waals surface area contributed by atoms with E-state index in [-0.39, 0.29) is 6.04 Å².